The molecule has 3 rings (SSSR count). The molecule has 8 heteroatoms. The molecular weight excluding hydrogens is 335 g/mol. The van der Waals surface area contributed by atoms with Crippen molar-refractivity contribution >= 4 is 11.7 Å². The van der Waals surface area contributed by atoms with E-state index in [-0.39, 0.29) is 23.2 Å². The second-order valence-electron chi connectivity index (χ2n) is 6.70. The van der Waals surface area contributed by atoms with E-state index in [2.05, 4.69) is 22.2 Å². The van der Waals surface area contributed by atoms with Gasteiger partial charge in [-0.3, -0.25) is 4.79 Å². The predicted molar refractivity (Wildman–Crippen MR) is 86.0 cm³/mol. The molecule has 1 saturated heterocycles. The third-order valence-corrected chi connectivity index (χ3v) is 4.77. The Balaban J connectivity index is 1.63. The van der Waals surface area contributed by atoms with E-state index in [9.17, 15) is 18.0 Å². The molecule has 3 atom stereocenters. The number of carbonyl (C=O) groups is 1. The summed E-state index contributed by atoms with van der Waals surface area (Å²) in [4.78, 5) is 16.0. The molecule has 5 nitrogen and oxygen atoms in total. The molecule has 1 aromatic rings. The summed E-state index contributed by atoms with van der Waals surface area (Å²) in [6, 6.07) is 1.96. The van der Waals surface area contributed by atoms with Crippen LogP contribution in [0.25, 0.3) is 0 Å². The van der Waals surface area contributed by atoms with Gasteiger partial charge in [-0.2, -0.15) is 13.2 Å². The van der Waals surface area contributed by atoms with Crippen LogP contribution >= 0.6 is 0 Å². The van der Waals surface area contributed by atoms with Crippen LogP contribution in [-0.2, 0) is 15.7 Å². The second kappa shape index (κ2) is 6.42. The zero-order valence-corrected chi connectivity index (χ0v) is 13.8. The first-order valence-electron chi connectivity index (χ1n) is 8.05. The van der Waals surface area contributed by atoms with Gasteiger partial charge in [-0.1, -0.05) is 12.1 Å². The Hall–Kier alpha value is -1.93. The molecule has 0 unspecified atom stereocenters. The fourth-order valence-corrected chi connectivity index (χ4v) is 3.27. The zero-order valence-electron chi connectivity index (χ0n) is 13.8. The Morgan fingerprint density at radius 2 is 2.28 bits per heavy atom. The standard InChI is InChI=1S/C17H20F3N3O2/c1-3-6-25-9-16-7-11(21-13(16)8-16)15(24)23-14-10(2)4-5-12(22-14)17(18,19)20/h3-5,11,13,21H,1,6-9H2,2H3,(H,22,23,24)/t11-,13+,16-/m0/s1. The average molecular weight is 355 g/mol. The van der Waals surface area contributed by atoms with Crippen molar-refractivity contribution in [1.82, 2.24) is 10.3 Å². The minimum absolute atomic E-state index is 0.0543. The van der Waals surface area contributed by atoms with E-state index in [1.807, 2.05) is 0 Å². The van der Waals surface area contributed by atoms with Crippen LogP contribution in [0.3, 0.4) is 0 Å². The van der Waals surface area contributed by atoms with Gasteiger partial charge < -0.3 is 15.4 Å². The third kappa shape index (κ3) is 3.69. The second-order valence-corrected chi connectivity index (χ2v) is 6.70. The summed E-state index contributed by atoms with van der Waals surface area (Å²) in [5.41, 5.74) is -0.597. The highest BCUT2D eigenvalue weighted by Gasteiger charge is 2.61. The van der Waals surface area contributed by atoms with Crippen LogP contribution in [0, 0.1) is 12.3 Å². The van der Waals surface area contributed by atoms with Gasteiger partial charge in [0.2, 0.25) is 5.91 Å². The van der Waals surface area contributed by atoms with Gasteiger partial charge in [-0.05, 0) is 31.4 Å². The molecule has 1 aliphatic heterocycles. The molecule has 25 heavy (non-hydrogen) atoms. The summed E-state index contributed by atoms with van der Waals surface area (Å²) < 4.78 is 43.9. The molecule has 1 saturated carbocycles. The number of ether oxygens (including phenoxy) is 1. The van der Waals surface area contributed by atoms with Crippen molar-refractivity contribution in [2.45, 2.75) is 38.0 Å². The smallest absolute Gasteiger partial charge is 0.377 e. The van der Waals surface area contributed by atoms with Crippen LogP contribution in [0.2, 0.25) is 0 Å². The van der Waals surface area contributed by atoms with Gasteiger partial charge in [0, 0.05) is 11.5 Å². The number of piperidine rings is 1. The number of alkyl halides is 3. The fraction of sp³-hybridized carbons (Fsp3) is 0.529. The fourth-order valence-electron chi connectivity index (χ4n) is 3.27. The molecule has 2 N–H and O–H groups in total. The molecule has 1 amide bonds. The number of nitrogens with one attached hydrogen (secondary N) is 2. The maximum absolute atomic E-state index is 12.8. The third-order valence-electron chi connectivity index (χ3n) is 4.77. The molecule has 2 heterocycles. The number of pyridine rings is 1. The molecule has 0 bridgehead atoms. The topological polar surface area (TPSA) is 63.2 Å². The highest BCUT2D eigenvalue weighted by Crippen LogP contribution is 2.54. The number of hydrogen-bond acceptors (Lipinski definition) is 4. The minimum Gasteiger partial charge on any atom is -0.377 e. The molecular formula is C17H20F3N3O2. The number of aryl methyl sites for hydroxylation is 1. The lowest BCUT2D eigenvalue weighted by Crippen LogP contribution is -2.38. The molecule has 1 aromatic heterocycles. The zero-order chi connectivity index (χ0) is 18.2. The van der Waals surface area contributed by atoms with Crippen molar-refractivity contribution in [3.63, 3.8) is 0 Å². The van der Waals surface area contributed by atoms with Crippen molar-refractivity contribution in [2.24, 2.45) is 5.41 Å². The number of carbonyl (C=O) groups excluding carboxylic acids is 1. The van der Waals surface area contributed by atoms with E-state index in [1.165, 1.54) is 6.07 Å². The van der Waals surface area contributed by atoms with Gasteiger partial charge in [0.05, 0.1) is 19.3 Å². The van der Waals surface area contributed by atoms with E-state index in [1.54, 1.807) is 13.0 Å². The summed E-state index contributed by atoms with van der Waals surface area (Å²) >= 11 is 0. The Bertz CT molecular complexity index is 692. The number of amides is 1. The van der Waals surface area contributed by atoms with Gasteiger partial charge in [-0.25, -0.2) is 4.98 Å². The highest BCUT2D eigenvalue weighted by atomic mass is 19.4. The monoisotopic (exact) mass is 355 g/mol. The van der Waals surface area contributed by atoms with E-state index in [0.29, 0.717) is 25.2 Å². The summed E-state index contributed by atoms with van der Waals surface area (Å²) in [6.45, 7) is 6.20. The van der Waals surface area contributed by atoms with Gasteiger partial charge in [-0.15, -0.1) is 6.58 Å². The molecule has 0 radical (unpaired) electrons. The first kappa shape index (κ1) is 17.9. The first-order chi connectivity index (χ1) is 11.7. The van der Waals surface area contributed by atoms with Crippen molar-refractivity contribution < 1.29 is 22.7 Å². The normalized spacial score (nSPS) is 27.7. The largest absolute Gasteiger partial charge is 0.433 e. The Kier molecular flexibility index (Phi) is 4.59. The summed E-state index contributed by atoms with van der Waals surface area (Å²) in [7, 11) is 0. The number of halogens is 3. The number of anilines is 1. The van der Waals surface area contributed by atoms with Crippen LogP contribution in [0.4, 0.5) is 19.0 Å². The van der Waals surface area contributed by atoms with E-state index in [0.717, 1.165) is 12.5 Å². The van der Waals surface area contributed by atoms with Crippen LogP contribution in [0.5, 0.6) is 0 Å². The number of nitrogens with zero attached hydrogens (tertiary/aromatic N) is 1. The van der Waals surface area contributed by atoms with Crippen LogP contribution in [-0.4, -0.2) is 36.2 Å². The van der Waals surface area contributed by atoms with Gasteiger partial charge in [0.1, 0.15) is 11.5 Å². The number of aromatic nitrogens is 1. The molecule has 0 aromatic carbocycles. The number of hydrogen-bond donors (Lipinski definition) is 2. The summed E-state index contributed by atoms with van der Waals surface area (Å²) in [5, 5.41) is 5.73. The highest BCUT2D eigenvalue weighted by molar-refractivity contribution is 5.95. The molecule has 2 fully saturated rings. The van der Waals surface area contributed by atoms with Crippen molar-refractivity contribution in [1.29, 1.82) is 0 Å². The van der Waals surface area contributed by atoms with Crippen molar-refractivity contribution in [3.05, 3.63) is 36.0 Å². The maximum Gasteiger partial charge on any atom is 0.433 e. The molecule has 2 aliphatic rings. The Labute approximate surface area is 143 Å². The SMILES string of the molecule is C=CCOC[C@@]12C[C@@H](C(=O)Nc3nc(C(F)(F)F)ccc3C)N[C@@H]1C2. The van der Waals surface area contributed by atoms with Crippen LogP contribution in [0.1, 0.15) is 24.1 Å². The molecule has 0 spiro atoms. The van der Waals surface area contributed by atoms with Crippen molar-refractivity contribution in [3.8, 4) is 0 Å². The van der Waals surface area contributed by atoms with Crippen LogP contribution < -0.4 is 10.6 Å². The predicted octanol–water partition coefficient (Wildman–Crippen LogP) is 2.67. The summed E-state index contributed by atoms with van der Waals surface area (Å²) in [5.74, 6) is -0.427. The van der Waals surface area contributed by atoms with E-state index in [4.69, 9.17) is 4.74 Å². The van der Waals surface area contributed by atoms with E-state index < -0.39 is 17.9 Å². The lowest BCUT2D eigenvalue weighted by atomic mass is 10.0. The van der Waals surface area contributed by atoms with Crippen LogP contribution in [0.15, 0.2) is 24.8 Å². The number of fused-ring (bicyclic) bond motifs is 1. The lowest BCUT2D eigenvalue weighted by Gasteiger charge is -2.17. The first-order valence-corrected chi connectivity index (χ1v) is 8.05. The van der Waals surface area contributed by atoms with Gasteiger partial charge >= 0.3 is 6.18 Å². The molecule has 136 valence electrons. The minimum atomic E-state index is -4.55. The number of rotatable bonds is 6. The van der Waals surface area contributed by atoms with Crippen molar-refractivity contribution in [2.75, 3.05) is 18.5 Å². The Morgan fingerprint density at radius 3 is 2.96 bits per heavy atom. The summed E-state index contributed by atoms with van der Waals surface area (Å²) in [6.07, 6.45) is -1.34. The lowest BCUT2D eigenvalue weighted by molar-refractivity contribution is -0.141. The van der Waals surface area contributed by atoms with E-state index >= 15 is 0 Å². The maximum atomic E-state index is 12.8. The molecule has 1 aliphatic carbocycles. The quantitative estimate of drug-likeness (QED) is 0.608. The average Bonchev–Trinajstić information content (AvgIpc) is 3.08. The Morgan fingerprint density at radius 1 is 1.52 bits per heavy atom. The van der Waals surface area contributed by atoms with Gasteiger partial charge in [0.15, 0.2) is 0 Å². The van der Waals surface area contributed by atoms with Gasteiger partial charge in [0.25, 0.3) is 0 Å².